The Labute approximate surface area is 90.0 Å². The first kappa shape index (κ1) is 14.5. The fourth-order valence-corrected chi connectivity index (χ4v) is 0.708. The van der Waals surface area contributed by atoms with Crippen molar-refractivity contribution in [2.45, 2.75) is 0 Å². The maximum absolute atomic E-state index is 12.4. The zero-order valence-electron chi connectivity index (χ0n) is 7.87. The molecule has 0 atom stereocenters. The van der Waals surface area contributed by atoms with Gasteiger partial charge in [-0.3, -0.25) is 0 Å². The van der Waals surface area contributed by atoms with Crippen molar-refractivity contribution in [3.05, 3.63) is 30.1 Å². The number of carbonyl (C=O) groups excluding carboxylic acids is 1. The highest BCUT2D eigenvalue weighted by Crippen LogP contribution is 2.25. The van der Waals surface area contributed by atoms with E-state index in [0.29, 0.717) is 5.69 Å². The standard InChI is InChI=1S/C7H7FN2O.H3O4P/c8-5-2-1-3-6(4-5)10-7(9)11;1-5(2,3)4/h1-4H,(H3,9,10,11);(H3,1,2,3,4). The molecule has 0 saturated carbocycles. The fourth-order valence-electron chi connectivity index (χ4n) is 0.708. The summed E-state index contributed by atoms with van der Waals surface area (Å²) in [5, 5.41) is 2.24. The van der Waals surface area contributed by atoms with E-state index in [4.69, 9.17) is 25.0 Å². The van der Waals surface area contributed by atoms with Crippen LogP contribution in [0, 0.1) is 5.82 Å². The number of halogens is 1. The topological polar surface area (TPSA) is 133 Å². The summed E-state index contributed by atoms with van der Waals surface area (Å²) in [6.07, 6.45) is 0. The van der Waals surface area contributed by atoms with Crippen molar-refractivity contribution in [3.63, 3.8) is 0 Å². The Morgan fingerprint density at radius 1 is 1.38 bits per heavy atom. The Kier molecular flexibility index (Phi) is 5.62. The summed E-state index contributed by atoms with van der Waals surface area (Å²) in [6, 6.07) is 4.81. The van der Waals surface area contributed by atoms with E-state index in [1.165, 1.54) is 18.2 Å². The van der Waals surface area contributed by atoms with Gasteiger partial charge in [-0.1, -0.05) is 6.07 Å². The summed E-state index contributed by atoms with van der Waals surface area (Å²) in [5.74, 6) is -0.406. The Morgan fingerprint density at radius 2 is 1.88 bits per heavy atom. The second-order valence-electron chi connectivity index (χ2n) is 2.51. The monoisotopic (exact) mass is 252 g/mol. The highest BCUT2D eigenvalue weighted by Gasteiger charge is 2.00. The lowest BCUT2D eigenvalue weighted by Gasteiger charge is -1.99. The number of rotatable bonds is 1. The molecule has 0 aliphatic rings. The van der Waals surface area contributed by atoms with E-state index in [0.717, 1.165) is 0 Å². The molecule has 16 heavy (non-hydrogen) atoms. The molecule has 0 radical (unpaired) electrons. The molecule has 0 bridgehead atoms. The molecule has 1 aromatic carbocycles. The molecule has 1 rings (SSSR count). The number of phosphoric acid groups is 1. The lowest BCUT2D eigenvalue weighted by molar-refractivity contribution is 0.259. The average molecular weight is 252 g/mol. The molecule has 90 valence electrons. The third kappa shape index (κ3) is 10.6. The Morgan fingerprint density at radius 3 is 2.25 bits per heavy atom. The van der Waals surface area contributed by atoms with Gasteiger partial charge in [-0.2, -0.15) is 0 Å². The van der Waals surface area contributed by atoms with Crippen molar-refractivity contribution >= 4 is 19.5 Å². The van der Waals surface area contributed by atoms with Crippen LogP contribution in [-0.2, 0) is 4.57 Å². The van der Waals surface area contributed by atoms with Crippen LogP contribution in [0.15, 0.2) is 24.3 Å². The second-order valence-corrected chi connectivity index (χ2v) is 3.54. The molecule has 9 heteroatoms. The normalized spacial score (nSPS) is 10.0. The first-order valence-electron chi connectivity index (χ1n) is 3.79. The number of anilines is 1. The highest BCUT2D eigenvalue weighted by molar-refractivity contribution is 7.45. The van der Waals surface area contributed by atoms with E-state index >= 15 is 0 Å². The minimum absolute atomic E-state index is 0.359. The summed E-state index contributed by atoms with van der Waals surface area (Å²) < 4.78 is 21.3. The third-order valence-corrected chi connectivity index (χ3v) is 1.09. The number of nitrogens with one attached hydrogen (secondary N) is 1. The lowest BCUT2D eigenvalue weighted by atomic mass is 10.3. The number of hydrogen-bond donors (Lipinski definition) is 5. The number of urea groups is 1. The molecule has 7 nitrogen and oxygen atoms in total. The molecule has 1 aromatic rings. The molecule has 0 unspecified atom stereocenters. The molecule has 0 aromatic heterocycles. The van der Waals surface area contributed by atoms with Gasteiger partial charge in [0.05, 0.1) is 0 Å². The van der Waals surface area contributed by atoms with E-state index < -0.39 is 19.7 Å². The summed E-state index contributed by atoms with van der Waals surface area (Å²) in [5.41, 5.74) is 5.16. The van der Waals surface area contributed by atoms with Gasteiger partial charge in [0.1, 0.15) is 5.82 Å². The molecule has 6 N–H and O–H groups in total. The van der Waals surface area contributed by atoms with Crippen LogP contribution in [0.25, 0.3) is 0 Å². The SMILES string of the molecule is NC(=O)Nc1cccc(F)c1.O=P(O)(O)O. The number of amides is 2. The molecular formula is C7H10FN2O5P. The summed E-state index contributed by atoms with van der Waals surface area (Å²) >= 11 is 0. The predicted molar refractivity (Wildman–Crippen MR) is 53.9 cm³/mol. The number of benzene rings is 1. The predicted octanol–water partition coefficient (Wildman–Crippen LogP) is 0.388. The average Bonchev–Trinajstić information content (AvgIpc) is 1.98. The van der Waals surface area contributed by atoms with Crippen LogP contribution < -0.4 is 11.1 Å². The van der Waals surface area contributed by atoms with Gasteiger partial charge in [0.15, 0.2) is 0 Å². The number of carbonyl (C=O) groups is 1. The van der Waals surface area contributed by atoms with E-state index in [1.807, 2.05) is 0 Å². The maximum Gasteiger partial charge on any atom is 0.466 e. The fraction of sp³-hybridized carbons (Fsp3) is 0. The van der Waals surface area contributed by atoms with Gasteiger partial charge < -0.3 is 25.7 Å². The van der Waals surface area contributed by atoms with Crippen LogP contribution in [0.1, 0.15) is 0 Å². The molecule has 2 amide bonds. The van der Waals surface area contributed by atoms with Crippen LogP contribution in [-0.4, -0.2) is 20.7 Å². The largest absolute Gasteiger partial charge is 0.466 e. The Bertz CT molecular complexity index is 399. The van der Waals surface area contributed by atoms with Gasteiger partial charge in [0.2, 0.25) is 0 Å². The van der Waals surface area contributed by atoms with Gasteiger partial charge in [-0.15, -0.1) is 0 Å². The molecule has 0 aliphatic carbocycles. The minimum atomic E-state index is -4.64. The second kappa shape index (κ2) is 6.19. The molecule has 0 fully saturated rings. The molecule has 0 spiro atoms. The summed E-state index contributed by atoms with van der Waals surface area (Å²) in [4.78, 5) is 31.8. The zero-order valence-corrected chi connectivity index (χ0v) is 8.76. The van der Waals surface area contributed by atoms with Crippen molar-refractivity contribution in [3.8, 4) is 0 Å². The maximum atomic E-state index is 12.4. The van der Waals surface area contributed by atoms with Crippen molar-refractivity contribution in [2.75, 3.05) is 5.32 Å². The van der Waals surface area contributed by atoms with Gasteiger partial charge in [-0.05, 0) is 18.2 Å². The quantitative estimate of drug-likeness (QED) is 0.461. The lowest BCUT2D eigenvalue weighted by Crippen LogP contribution is -2.19. The summed E-state index contributed by atoms with van der Waals surface area (Å²) in [7, 11) is -4.64. The smallest absolute Gasteiger partial charge is 0.351 e. The Hall–Kier alpha value is -1.47. The van der Waals surface area contributed by atoms with Gasteiger partial charge in [0, 0.05) is 5.69 Å². The van der Waals surface area contributed by atoms with Crippen molar-refractivity contribution < 1.29 is 28.4 Å². The van der Waals surface area contributed by atoms with Gasteiger partial charge in [0.25, 0.3) is 0 Å². The minimum Gasteiger partial charge on any atom is -0.351 e. The van der Waals surface area contributed by atoms with Crippen molar-refractivity contribution in [1.29, 1.82) is 0 Å². The van der Waals surface area contributed by atoms with Crippen molar-refractivity contribution in [1.82, 2.24) is 0 Å². The van der Waals surface area contributed by atoms with Crippen LogP contribution >= 0.6 is 7.82 Å². The van der Waals surface area contributed by atoms with E-state index in [2.05, 4.69) is 5.32 Å². The van der Waals surface area contributed by atoms with Crippen molar-refractivity contribution in [2.24, 2.45) is 5.73 Å². The van der Waals surface area contributed by atoms with Crippen LogP contribution in [0.4, 0.5) is 14.9 Å². The third-order valence-electron chi connectivity index (χ3n) is 1.09. The van der Waals surface area contributed by atoms with Gasteiger partial charge >= 0.3 is 13.9 Å². The van der Waals surface area contributed by atoms with E-state index in [9.17, 15) is 9.18 Å². The molecular weight excluding hydrogens is 242 g/mol. The first-order chi connectivity index (χ1) is 7.18. The number of hydrogen-bond acceptors (Lipinski definition) is 2. The molecule has 0 aliphatic heterocycles. The first-order valence-corrected chi connectivity index (χ1v) is 5.35. The zero-order chi connectivity index (χ0) is 12.8. The molecule has 0 saturated heterocycles. The van der Waals surface area contributed by atoms with E-state index in [-0.39, 0.29) is 0 Å². The Balaban J connectivity index is 0.000000385. The summed E-state index contributed by atoms with van der Waals surface area (Å²) in [6.45, 7) is 0. The van der Waals surface area contributed by atoms with E-state index in [1.54, 1.807) is 6.07 Å². The highest BCUT2D eigenvalue weighted by atomic mass is 31.2. The molecule has 0 heterocycles. The van der Waals surface area contributed by atoms with Crippen LogP contribution in [0.2, 0.25) is 0 Å². The number of nitrogens with two attached hydrogens (primary N) is 1. The van der Waals surface area contributed by atoms with Crippen LogP contribution in [0.5, 0.6) is 0 Å². The van der Waals surface area contributed by atoms with Crippen LogP contribution in [0.3, 0.4) is 0 Å². The number of primary amides is 1. The van der Waals surface area contributed by atoms with Gasteiger partial charge in [-0.25, -0.2) is 13.8 Å².